The molecule has 1 N–H and O–H groups in total. The van der Waals surface area contributed by atoms with Gasteiger partial charge in [0.1, 0.15) is 17.7 Å². The maximum atomic E-state index is 12.2. The van der Waals surface area contributed by atoms with Gasteiger partial charge in [0.2, 0.25) is 5.65 Å². The average Bonchev–Trinajstić information content (AvgIpc) is 3.12. The van der Waals surface area contributed by atoms with Crippen LogP contribution in [0.5, 0.6) is 0 Å². The molecule has 2 aromatic rings. The first-order chi connectivity index (χ1) is 11.1. The second kappa shape index (κ2) is 5.00. The number of anilines is 1. The summed E-state index contributed by atoms with van der Waals surface area (Å²) in [6, 6.07) is 2.07. The highest BCUT2D eigenvalue weighted by atomic mass is 16.2. The average molecular weight is 313 g/mol. The minimum absolute atomic E-state index is 0.0336. The Labute approximate surface area is 133 Å². The fourth-order valence-electron chi connectivity index (χ4n) is 3.40. The van der Waals surface area contributed by atoms with Crippen LogP contribution in [-0.2, 0) is 11.2 Å². The van der Waals surface area contributed by atoms with E-state index in [0.29, 0.717) is 12.8 Å². The maximum Gasteiger partial charge on any atom is 0.253 e. The molecule has 0 unspecified atom stereocenters. The molecule has 2 aliphatic rings. The smallest absolute Gasteiger partial charge is 0.253 e. The highest BCUT2D eigenvalue weighted by molar-refractivity contribution is 6.07. The van der Waals surface area contributed by atoms with Crippen molar-refractivity contribution in [1.82, 2.24) is 25.1 Å². The Kier molecular flexibility index (Phi) is 3.07. The van der Waals surface area contributed by atoms with E-state index in [1.165, 1.54) is 0 Å². The van der Waals surface area contributed by atoms with Crippen LogP contribution < -0.4 is 10.2 Å². The Morgan fingerprint density at radius 2 is 2.13 bits per heavy atom. The lowest BCUT2D eigenvalue weighted by molar-refractivity contribution is -0.124. The van der Waals surface area contributed by atoms with Crippen molar-refractivity contribution >= 4 is 23.1 Å². The number of aromatic nitrogens is 4. The van der Waals surface area contributed by atoms with E-state index >= 15 is 0 Å². The number of nitrogens with zero attached hydrogens (tertiary/aromatic N) is 6. The molecular weight excluding hydrogens is 294 g/mol. The number of carbonyl (C=O) groups is 1. The van der Waals surface area contributed by atoms with Gasteiger partial charge in [0.15, 0.2) is 0 Å². The first-order valence-corrected chi connectivity index (χ1v) is 7.94. The van der Waals surface area contributed by atoms with Crippen LogP contribution in [0, 0.1) is 0 Å². The summed E-state index contributed by atoms with van der Waals surface area (Å²) in [5, 5.41) is 15.5. The number of hydrogen-bond donors (Lipinski definition) is 1. The molecule has 0 atom stereocenters. The summed E-state index contributed by atoms with van der Waals surface area (Å²) < 4.78 is 1.73. The van der Waals surface area contributed by atoms with Crippen molar-refractivity contribution < 1.29 is 4.79 Å². The molecule has 0 aromatic carbocycles. The predicted molar refractivity (Wildman–Crippen MR) is 85.6 cm³/mol. The first-order valence-electron chi connectivity index (χ1n) is 7.94. The summed E-state index contributed by atoms with van der Waals surface area (Å²) in [6.45, 7) is 5.45. The first kappa shape index (κ1) is 14.1. The molecule has 0 saturated carbocycles. The second-order valence-corrected chi connectivity index (χ2v) is 6.14. The fraction of sp³-hybridized carbons (Fsp3) is 0.533. The Bertz CT molecular complexity index is 801. The lowest BCUT2D eigenvalue weighted by Gasteiger charge is -2.36. The number of nitrogens with one attached hydrogen (secondary N) is 1. The molecule has 8 heteroatoms. The molecule has 0 aliphatic carbocycles. The fourth-order valence-corrected chi connectivity index (χ4v) is 3.40. The highest BCUT2D eigenvalue weighted by Crippen LogP contribution is 2.33. The summed E-state index contributed by atoms with van der Waals surface area (Å²) in [4.78, 5) is 19.0. The Hall–Kier alpha value is -2.51. The van der Waals surface area contributed by atoms with E-state index in [1.807, 2.05) is 6.92 Å². The van der Waals surface area contributed by atoms with Crippen LogP contribution in [0.3, 0.4) is 0 Å². The van der Waals surface area contributed by atoms with E-state index in [9.17, 15) is 4.79 Å². The molecular formula is C15H19N7O. The van der Waals surface area contributed by atoms with Crippen molar-refractivity contribution in [2.75, 3.05) is 18.0 Å². The minimum Gasteiger partial charge on any atom is -0.368 e. The van der Waals surface area contributed by atoms with Gasteiger partial charge in [-0.1, -0.05) is 6.92 Å². The Balaban J connectivity index is 1.64. The normalized spacial score (nSPS) is 20.2. The zero-order valence-electron chi connectivity index (χ0n) is 13.3. The number of piperidine rings is 1. The third-order valence-electron chi connectivity index (χ3n) is 4.69. The number of hydrogen-bond acceptors (Lipinski definition) is 6. The summed E-state index contributed by atoms with van der Waals surface area (Å²) in [7, 11) is 0. The standard InChI is InChI=1S/C15H19N7O/c1-3-11-8-12(13-19-16-9-22(13)20-11)21-6-4-15(5-7-21)14(23)17-10(2)18-15/h8-9H,3-7H2,1-2H3,(H,17,18,23). The molecule has 1 saturated heterocycles. The van der Waals surface area contributed by atoms with E-state index < -0.39 is 5.54 Å². The topological polar surface area (TPSA) is 87.8 Å². The number of aliphatic imine (C=N–C) groups is 1. The van der Waals surface area contributed by atoms with Gasteiger partial charge < -0.3 is 10.2 Å². The molecule has 8 nitrogen and oxygen atoms in total. The molecule has 1 amide bonds. The third kappa shape index (κ3) is 2.16. The van der Waals surface area contributed by atoms with Crippen LogP contribution >= 0.6 is 0 Å². The molecule has 1 spiro atoms. The van der Waals surface area contributed by atoms with Gasteiger partial charge in [-0.2, -0.15) is 9.61 Å². The van der Waals surface area contributed by atoms with Crippen LogP contribution in [0.25, 0.3) is 5.65 Å². The van der Waals surface area contributed by atoms with Crippen molar-refractivity contribution in [3.63, 3.8) is 0 Å². The van der Waals surface area contributed by atoms with Gasteiger partial charge in [0.25, 0.3) is 5.91 Å². The minimum atomic E-state index is -0.578. The number of rotatable bonds is 2. The molecule has 2 aliphatic heterocycles. The van der Waals surface area contributed by atoms with Crippen LogP contribution in [0.1, 0.15) is 32.4 Å². The summed E-state index contributed by atoms with van der Waals surface area (Å²) in [5.74, 6) is 0.756. The lowest BCUT2D eigenvalue weighted by atomic mass is 9.88. The van der Waals surface area contributed by atoms with Crippen LogP contribution in [-0.4, -0.2) is 50.2 Å². The molecule has 1 fully saturated rings. The van der Waals surface area contributed by atoms with E-state index in [-0.39, 0.29) is 5.91 Å². The van der Waals surface area contributed by atoms with Gasteiger partial charge in [-0.15, -0.1) is 10.2 Å². The molecule has 4 rings (SSSR count). The summed E-state index contributed by atoms with van der Waals surface area (Å²) >= 11 is 0. The van der Waals surface area contributed by atoms with Crippen molar-refractivity contribution in [3.05, 3.63) is 18.1 Å². The molecule has 23 heavy (non-hydrogen) atoms. The number of amides is 1. The van der Waals surface area contributed by atoms with Gasteiger partial charge in [-0.3, -0.25) is 9.79 Å². The van der Waals surface area contributed by atoms with Gasteiger partial charge in [-0.25, -0.2) is 0 Å². The van der Waals surface area contributed by atoms with Crippen LogP contribution in [0.15, 0.2) is 17.4 Å². The van der Waals surface area contributed by atoms with E-state index in [4.69, 9.17) is 0 Å². The SMILES string of the molecule is CCc1cc(N2CCC3(CC2)N=C(C)NC3=O)c2nncn2n1. The van der Waals surface area contributed by atoms with Crippen molar-refractivity contribution in [1.29, 1.82) is 0 Å². The monoisotopic (exact) mass is 313 g/mol. The zero-order valence-corrected chi connectivity index (χ0v) is 13.3. The number of aryl methyl sites for hydroxylation is 1. The van der Waals surface area contributed by atoms with Crippen molar-refractivity contribution in [3.8, 4) is 0 Å². The lowest BCUT2D eigenvalue weighted by Crippen LogP contribution is -2.49. The summed E-state index contributed by atoms with van der Waals surface area (Å²) in [6.07, 6.45) is 3.90. The van der Waals surface area contributed by atoms with Crippen LogP contribution in [0.4, 0.5) is 5.69 Å². The maximum absolute atomic E-state index is 12.2. The predicted octanol–water partition coefficient (Wildman–Crippen LogP) is 0.574. The highest BCUT2D eigenvalue weighted by Gasteiger charge is 2.45. The van der Waals surface area contributed by atoms with E-state index in [0.717, 1.165) is 42.4 Å². The van der Waals surface area contributed by atoms with Crippen molar-refractivity contribution in [2.24, 2.45) is 4.99 Å². The quantitative estimate of drug-likeness (QED) is 0.876. The molecule has 2 aromatic heterocycles. The van der Waals surface area contributed by atoms with E-state index in [2.05, 4.69) is 43.5 Å². The molecule has 120 valence electrons. The third-order valence-corrected chi connectivity index (χ3v) is 4.69. The van der Waals surface area contributed by atoms with Gasteiger partial charge >= 0.3 is 0 Å². The second-order valence-electron chi connectivity index (χ2n) is 6.14. The zero-order chi connectivity index (χ0) is 16.0. The molecule has 4 heterocycles. The van der Waals surface area contributed by atoms with Gasteiger partial charge in [-0.05, 0) is 32.3 Å². The van der Waals surface area contributed by atoms with Gasteiger partial charge in [0.05, 0.1) is 11.4 Å². The van der Waals surface area contributed by atoms with Crippen LogP contribution in [0.2, 0.25) is 0 Å². The largest absolute Gasteiger partial charge is 0.368 e. The van der Waals surface area contributed by atoms with Crippen molar-refractivity contribution in [2.45, 2.75) is 38.6 Å². The molecule has 0 radical (unpaired) electrons. The Morgan fingerprint density at radius 1 is 1.35 bits per heavy atom. The molecule has 0 bridgehead atoms. The Morgan fingerprint density at radius 3 is 2.78 bits per heavy atom. The number of carbonyl (C=O) groups excluding carboxylic acids is 1. The van der Waals surface area contributed by atoms with Gasteiger partial charge in [0, 0.05) is 13.1 Å². The number of amidine groups is 1. The number of fused-ring (bicyclic) bond motifs is 1. The summed E-state index contributed by atoms with van der Waals surface area (Å²) in [5.41, 5.74) is 2.21. The van der Waals surface area contributed by atoms with E-state index in [1.54, 1.807) is 10.8 Å².